The number of carbonyl (C=O) groups is 3. The van der Waals surface area contributed by atoms with Crippen LogP contribution >= 0.6 is 0 Å². The van der Waals surface area contributed by atoms with Crippen molar-refractivity contribution in [2.45, 2.75) is 26.8 Å². The van der Waals surface area contributed by atoms with Gasteiger partial charge in [-0.05, 0) is 56.2 Å². The average Bonchev–Trinajstić information content (AvgIpc) is 2.88. The molecule has 1 unspecified atom stereocenters. The molecule has 0 radical (unpaired) electrons. The van der Waals surface area contributed by atoms with Gasteiger partial charge >= 0.3 is 0 Å². The van der Waals surface area contributed by atoms with Gasteiger partial charge < -0.3 is 10.2 Å². The molecule has 1 aliphatic heterocycles. The predicted octanol–water partition coefficient (Wildman–Crippen LogP) is 4.23. The van der Waals surface area contributed by atoms with Gasteiger partial charge in [-0.3, -0.25) is 19.3 Å². The van der Waals surface area contributed by atoms with Crippen LogP contribution in [0.2, 0.25) is 0 Å². The molecule has 1 amide bonds. The summed E-state index contributed by atoms with van der Waals surface area (Å²) in [5, 5.41) is 2.95. The van der Waals surface area contributed by atoms with Crippen LogP contribution in [-0.2, 0) is 4.79 Å². The van der Waals surface area contributed by atoms with E-state index >= 15 is 0 Å². The van der Waals surface area contributed by atoms with Crippen LogP contribution in [0.15, 0.2) is 60.7 Å². The fourth-order valence-corrected chi connectivity index (χ4v) is 5.02. The molecule has 0 bridgehead atoms. The Bertz CT molecular complexity index is 1340. The fourth-order valence-electron chi connectivity index (χ4n) is 5.02. The average molecular weight is 468 g/mol. The lowest BCUT2D eigenvalue weighted by molar-refractivity contribution is -0.120. The van der Waals surface area contributed by atoms with Gasteiger partial charge in [0.05, 0.1) is 6.04 Å². The number of aryl methyl sites for hydroxylation is 1. The quantitative estimate of drug-likeness (QED) is 0.487. The van der Waals surface area contributed by atoms with Crippen LogP contribution in [0.25, 0.3) is 0 Å². The maximum absolute atomic E-state index is 13.1. The highest BCUT2D eigenvalue weighted by atomic mass is 16.2. The lowest BCUT2D eigenvalue weighted by atomic mass is 9.84. The number of benzene rings is 3. The van der Waals surface area contributed by atoms with E-state index in [9.17, 15) is 14.4 Å². The molecule has 1 heterocycles. The zero-order valence-corrected chi connectivity index (χ0v) is 20.3. The molecule has 0 saturated carbocycles. The minimum absolute atomic E-state index is 0.125. The second-order valence-electron chi connectivity index (χ2n) is 9.37. The molecule has 1 N–H and O–H groups in total. The van der Waals surface area contributed by atoms with Crippen molar-refractivity contribution >= 4 is 28.8 Å². The van der Waals surface area contributed by atoms with E-state index in [0.717, 1.165) is 26.2 Å². The van der Waals surface area contributed by atoms with Crippen molar-refractivity contribution < 1.29 is 14.4 Å². The number of piperazine rings is 1. The smallest absolute Gasteiger partial charge is 0.241 e. The van der Waals surface area contributed by atoms with E-state index in [1.807, 2.05) is 6.92 Å². The first-order valence-corrected chi connectivity index (χ1v) is 12.0. The van der Waals surface area contributed by atoms with Crippen molar-refractivity contribution in [3.05, 3.63) is 94.0 Å². The summed E-state index contributed by atoms with van der Waals surface area (Å²) in [5.74, 6) is -0.481. The first-order valence-electron chi connectivity index (χ1n) is 12.0. The third-order valence-electron chi connectivity index (χ3n) is 7.35. The second kappa shape index (κ2) is 9.12. The largest absolute Gasteiger partial charge is 0.369 e. The van der Waals surface area contributed by atoms with Crippen LogP contribution in [0.1, 0.15) is 49.9 Å². The van der Waals surface area contributed by atoms with Gasteiger partial charge in [-0.25, -0.2) is 0 Å². The number of ketones is 2. The van der Waals surface area contributed by atoms with E-state index in [0.29, 0.717) is 27.9 Å². The molecule has 5 rings (SSSR count). The number of nitrogens with one attached hydrogen (secondary N) is 1. The van der Waals surface area contributed by atoms with Crippen LogP contribution in [-0.4, -0.2) is 54.6 Å². The summed E-state index contributed by atoms with van der Waals surface area (Å²) in [6.45, 7) is 9.48. The van der Waals surface area contributed by atoms with Gasteiger partial charge in [-0.1, -0.05) is 36.4 Å². The lowest BCUT2D eigenvalue weighted by Gasteiger charge is -2.39. The third-order valence-corrected chi connectivity index (χ3v) is 7.35. The highest BCUT2D eigenvalue weighted by Gasteiger charge is 2.30. The normalized spacial score (nSPS) is 16.5. The third kappa shape index (κ3) is 4.15. The first-order chi connectivity index (χ1) is 16.8. The van der Waals surface area contributed by atoms with Crippen molar-refractivity contribution in [3.63, 3.8) is 0 Å². The monoisotopic (exact) mass is 467 g/mol. The summed E-state index contributed by atoms with van der Waals surface area (Å²) >= 11 is 0. The Hall–Kier alpha value is -3.77. The maximum atomic E-state index is 13.1. The number of carbonyl (C=O) groups excluding carboxylic acids is 3. The summed E-state index contributed by atoms with van der Waals surface area (Å²) in [6, 6.07) is 17.9. The highest BCUT2D eigenvalue weighted by molar-refractivity contribution is 6.28. The zero-order chi connectivity index (χ0) is 24.7. The Morgan fingerprint density at radius 1 is 0.800 bits per heavy atom. The number of nitrogens with zero attached hydrogens (tertiary/aromatic N) is 2. The number of amides is 1. The molecule has 3 aromatic carbocycles. The summed E-state index contributed by atoms with van der Waals surface area (Å²) < 4.78 is 0. The molecule has 1 aliphatic carbocycles. The van der Waals surface area contributed by atoms with Gasteiger partial charge in [0.1, 0.15) is 0 Å². The van der Waals surface area contributed by atoms with E-state index in [4.69, 9.17) is 0 Å². The molecule has 35 heavy (non-hydrogen) atoms. The number of hydrogen-bond acceptors (Lipinski definition) is 5. The summed E-state index contributed by atoms with van der Waals surface area (Å²) in [7, 11) is 0. The maximum Gasteiger partial charge on any atom is 0.241 e. The van der Waals surface area contributed by atoms with Gasteiger partial charge in [0, 0.05) is 59.8 Å². The van der Waals surface area contributed by atoms with E-state index in [1.165, 1.54) is 16.8 Å². The zero-order valence-electron chi connectivity index (χ0n) is 20.3. The molecule has 178 valence electrons. The van der Waals surface area contributed by atoms with Crippen molar-refractivity contribution in [2.75, 3.05) is 36.4 Å². The van der Waals surface area contributed by atoms with Crippen molar-refractivity contribution in [1.29, 1.82) is 0 Å². The molecule has 0 spiro atoms. The summed E-state index contributed by atoms with van der Waals surface area (Å²) in [5.41, 5.74) is 5.91. The van der Waals surface area contributed by atoms with Crippen LogP contribution in [0.5, 0.6) is 0 Å². The van der Waals surface area contributed by atoms with Gasteiger partial charge in [0.25, 0.3) is 0 Å². The van der Waals surface area contributed by atoms with E-state index in [2.05, 4.69) is 47.2 Å². The molecule has 3 aromatic rings. The molecule has 2 aliphatic rings. The lowest BCUT2D eigenvalue weighted by Crippen LogP contribution is -2.53. The Balaban J connectivity index is 1.26. The highest BCUT2D eigenvalue weighted by Crippen LogP contribution is 2.29. The van der Waals surface area contributed by atoms with Crippen molar-refractivity contribution in [3.8, 4) is 0 Å². The molecule has 1 fully saturated rings. The van der Waals surface area contributed by atoms with Crippen LogP contribution in [0, 0.1) is 13.8 Å². The van der Waals surface area contributed by atoms with Crippen LogP contribution in [0.4, 0.5) is 11.4 Å². The Morgan fingerprint density at radius 2 is 1.43 bits per heavy atom. The van der Waals surface area contributed by atoms with E-state index < -0.39 is 0 Å². The molecule has 6 heteroatoms. The van der Waals surface area contributed by atoms with Gasteiger partial charge in [-0.2, -0.15) is 0 Å². The SMILES string of the molecule is Cc1cccc(N2CCN(C(C)C(=O)Nc3ccc4c(c3)C(=O)c3ccccc3C4=O)CC2)c1C. The van der Waals surface area contributed by atoms with Gasteiger partial charge in [-0.15, -0.1) is 0 Å². The Kier molecular flexibility index (Phi) is 5.99. The number of anilines is 2. The first kappa shape index (κ1) is 23.0. The summed E-state index contributed by atoms with van der Waals surface area (Å²) in [6.07, 6.45) is 0. The van der Waals surface area contributed by atoms with Crippen LogP contribution < -0.4 is 10.2 Å². The number of hydrogen-bond donors (Lipinski definition) is 1. The molecule has 1 saturated heterocycles. The minimum Gasteiger partial charge on any atom is -0.369 e. The molecular formula is C29H29N3O3. The standard InChI is InChI=1S/C29H29N3O3/c1-18-7-6-10-26(19(18)2)32-15-13-31(14-16-32)20(3)29(35)30-21-11-12-24-25(17-21)28(34)23-9-5-4-8-22(23)27(24)33/h4-12,17,20H,13-16H2,1-3H3,(H,30,35). The van der Waals surface area contributed by atoms with Gasteiger partial charge in [0.15, 0.2) is 11.6 Å². The van der Waals surface area contributed by atoms with Crippen molar-refractivity contribution in [1.82, 2.24) is 4.90 Å². The molecule has 0 aromatic heterocycles. The molecule has 1 atom stereocenters. The van der Waals surface area contributed by atoms with E-state index in [1.54, 1.807) is 42.5 Å². The molecule has 6 nitrogen and oxygen atoms in total. The topological polar surface area (TPSA) is 69.7 Å². The second-order valence-corrected chi connectivity index (χ2v) is 9.37. The minimum atomic E-state index is -0.315. The van der Waals surface area contributed by atoms with Crippen molar-refractivity contribution in [2.24, 2.45) is 0 Å². The number of rotatable bonds is 4. The predicted molar refractivity (Wildman–Crippen MR) is 138 cm³/mol. The fraction of sp³-hybridized carbons (Fsp3) is 0.276. The number of fused-ring (bicyclic) bond motifs is 2. The van der Waals surface area contributed by atoms with Crippen LogP contribution in [0.3, 0.4) is 0 Å². The Labute approximate surface area is 205 Å². The van der Waals surface area contributed by atoms with Gasteiger partial charge in [0.2, 0.25) is 5.91 Å². The Morgan fingerprint density at radius 3 is 2.11 bits per heavy atom. The van der Waals surface area contributed by atoms with E-state index in [-0.39, 0.29) is 23.5 Å². The summed E-state index contributed by atoms with van der Waals surface area (Å²) in [4.78, 5) is 43.4. The molecular weight excluding hydrogens is 438 g/mol.